The van der Waals surface area contributed by atoms with Crippen LogP contribution in [-0.4, -0.2) is 41.7 Å². The fourth-order valence-electron chi connectivity index (χ4n) is 2.99. The molecule has 2 amide bonds. The van der Waals surface area contributed by atoms with Crippen LogP contribution in [-0.2, 0) is 21.9 Å². The molecule has 0 saturated carbocycles. The Hall–Kier alpha value is -1.89. The first-order chi connectivity index (χ1) is 15.2. The van der Waals surface area contributed by atoms with Crippen LogP contribution in [0.15, 0.2) is 42.5 Å². The van der Waals surface area contributed by atoms with Crippen molar-refractivity contribution in [2.75, 3.05) is 12.9 Å². The van der Waals surface area contributed by atoms with Gasteiger partial charge in [-0.1, -0.05) is 48.3 Å². The van der Waals surface area contributed by atoms with E-state index < -0.39 is 6.04 Å². The SMILES string of the molecule is CC[C@@H](C)NC(=O)[C@H](C)N(Cc1cccc(OC)c1)C(=O)CSCc1ccc(Cl)cc1Cl. The maximum atomic E-state index is 13.2. The highest BCUT2D eigenvalue weighted by molar-refractivity contribution is 7.99. The van der Waals surface area contributed by atoms with E-state index >= 15 is 0 Å². The third-order valence-electron chi connectivity index (χ3n) is 5.15. The molecule has 174 valence electrons. The zero-order valence-corrected chi connectivity index (χ0v) is 21.2. The van der Waals surface area contributed by atoms with Crippen molar-refractivity contribution in [3.8, 4) is 5.75 Å². The van der Waals surface area contributed by atoms with Crippen LogP contribution >= 0.6 is 35.0 Å². The Labute approximate surface area is 204 Å². The van der Waals surface area contributed by atoms with Gasteiger partial charge in [-0.25, -0.2) is 0 Å². The monoisotopic (exact) mass is 496 g/mol. The Bertz CT molecular complexity index is 926. The van der Waals surface area contributed by atoms with Crippen LogP contribution in [0.4, 0.5) is 0 Å². The number of halogens is 2. The number of benzene rings is 2. The minimum atomic E-state index is -0.609. The van der Waals surface area contributed by atoms with Gasteiger partial charge < -0.3 is 15.0 Å². The largest absolute Gasteiger partial charge is 0.497 e. The minimum absolute atomic E-state index is 0.0418. The zero-order valence-electron chi connectivity index (χ0n) is 18.9. The lowest BCUT2D eigenvalue weighted by molar-refractivity contribution is -0.138. The van der Waals surface area contributed by atoms with Gasteiger partial charge in [0.15, 0.2) is 0 Å². The van der Waals surface area contributed by atoms with E-state index in [1.165, 1.54) is 11.8 Å². The number of hydrogen-bond donors (Lipinski definition) is 1. The van der Waals surface area contributed by atoms with Gasteiger partial charge in [-0.15, -0.1) is 11.8 Å². The number of amides is 2. The van der Waals surface area contributed by atoms with Crippen LogP contribution in [0.25, 0.3) is 0 Å². The first kappa shape index (κ1) is 26.4. The summed E-state index contributed by atoms with van der Waals surface area (Å²) in [6.45, 7) is 6.03. The number of carbonyl (C=O) groups excluding carboxylic acids is 2. The number of ether oxygens (including phenoxy) is 1. The predicted molar refractivity (Wildman–Crippen MR) is 134 cm³/mol. The Morgan fingerprint density at radius 2 is 1.91 bits per heavy atom. The van der Waals surface area contributed by atoms with E-state index in [0.717, 1.165) is 17.5 Å². The van der Waals surface area contributed by atoms with Crippen molar-refractivity contribution in [3.63, 3.8) is 0 Å². The highest BCUT2D eigenvalue weighted by Gasteiger charge is 2.26. The van der Waals surface area contributed by atoms with Crippen molar-refractivity contribution in [2.24, 2.45) is 0 Å². The van der Waals surface area contributed by atoms with Gasteiger partial charge in [0.2, 0.25) is 11.8 Å². The average Bonchev–Trinajstić information content (AvgIpc) is 2.78. The summed E-state index contributed by atoms with van der Waals surface area (Å²) < 4.78 is 5.30. The number of hydrogen-bond acceptors (Lipinski definition) is 4. The Morgan fingerprint density at radius 1 is 1.16 bits per heavy atom. The van der Waals surface area contributed by atoms with Gasteiger partial charge in [-0.05, 0) is 55.7 Å². The van der Waals surface area contributed by atoms with E-state index in [-0.39, 0.29) is 23.6 Å². The number of methoxy groups -OCH3 is 1. The van der Waals surface area contributed by atoms with Gasteiger partial charge in [0, 0.05) is 28.4 Å². The lowest BCUT2D eigenvalue weighted by atomic mass is 10.1. The van der Waals surface area contributed by atoms with Crippen LogP contribution < -0.4 is 10.1 Å². The van der Waals surface area contributed by atoms with Crippen molar-refractivity contribution in [2.45, 2.75) is 51.6 Å². The second-order valence-electron chi connectivity index (χ2n) is 7.60. The van der Waals surface area contributed by atoms with Gasteiger partial charge in [0.1, 0.15) is 11.8 Å². The third-order valence-corrected chi connectivity index (χ3v) is 6.71. The van der Waals surface area contributed by atoms with Gasteiger partial charge in [0.05, 0.1) is 12.9 Å². The summed E-state index contributed by atoms with van der Waals surface area (Å²) in [7, 11) is 1.60. The minimum Gasteiger partial charge on any atom is -0.497 e. The predicted octanol–water partition coefficient (Wildman–Crippen LogP) is 5.57. The molecule has 0 aliphatic heterocycles. The second kappa shape index (κ2) is 13.0. The van der Waals surface area contributed by atoms with E-state index in [4.69, 9.17) is 27.9 Å². The third kappa shape index (κ3) is 7.91. The van der Waals surface area contributed by atoms with Gasteiger partial charge in [-0.3, -0.25) is 9.59 Å². The molecule has 1 N–H and O–H groups in total. The first-order valence-corrected chi connectivity index (χ1v) is 12.4. The molecule has 2 aromatic rings. The summed E-state index contributed by atoms with van der Waals surface area (Å²) in [5.41, 5.74) is 1.81. The molecule has 32 heavy (non-hydrogen) atoms. The van der Waals surface area contributed by atoms with Crippen LogP contribution in [0.3, 0.4) is 0 Å². The number of nitrogens with zero attached hydrogens (tertiary/aromatic N) is 1. The van der Waals surface area contributed by atoms with Crippen LogP contribution in [0.1, 0.15) is 38.3 Å². The summed E-state index contributed by atoms with van der Waals surface area (Å²) in [5, 5.41) is 4.12. The van der Waals surface area contributed by atoms with E-state index in [1.54, 1.807) is 31.1 Å². The highest BCUT2D eigenvalue weighted by atomic mass is 35.5. The molecule has 0 spiro atoms. The summed E-state index contributed by atoms with van der Waals surface area (Å²) >= 11 is 13.6. The summed E-state index contributed by atoms with van der Waals surface area (Å²) in [6.07, 6.45) is 0.819. The fourth-order valence-corrected chi connectivity index (χ4v) is 4.45. The normalized spacial score (nSPS) is 12.7. The van der Waals surface area contributed by atoms with Gasteiger partial charge in [-0.2, -0.15) is 0 Å². The van der Waals surface area contributed by atoms with Gasteiger partial charge in [0.25, 0.3) is 0 Å². The van der Waals surface area contributed by atoms with Crippen molar-refractivity contribution in [1.29, 1.82) is 0 Å². The van der Waals surface area contributed by atoms with Crippen molar-refractivity contribution in [3.05, 3.63) is 63.6 Å². The summed E-state index contributed by atoms with van der Waals surface area (Å²) in [6, 6.07) is 12.3. The average molecular weight is 497 g/mol. The lowest BCUT2D eigenvalue weighted by Crippen LogP contribution is -2.50. The molecule has 0 bridgehead atoms. The fraction of sp³-hybridized carbons (Fsp3) is 0.417. The number of nitrogens with one attached hydrogen (secondary N) is 1. The first-order valence-electron chi connectivity index (χ1n) is 10.5. The van der Waals surface area contributed by atoms with Crippen molar-refractivity contribution in [1.82, 2.24) is 10.2 Å². The molecule has 2 rings (SSSR count). The number of thioether (sulfide) groups is 1. The maximum Gasteiger partial charge on any atom is 0.242 e. The van der Waals surface area contributed by atoms with E-state index in [0.29, 0.717) is 28.1 Å². The number of rotatable bonds is 11. The molecule has 2 aromatic carbocycles. The molecule has 0 heterocycles. The van der Waals surface area contributed by atoms with Crippen LogP contribution in [0.2, 0.25) is 10.0 Å². The molecule has 0 fully saturated rings. The van der Waals surface area contributed by atoms with Crippen LogP contribution in [0, 0.1) is 0 Å². The van der Waals surface area contributed by atoms with Gasteiger partial charge >= 0.3 is 0 Å². The lowest BCUT2D eigenvalue weighted by Gasteiger charge is -2.29. The summed E-state index contributed by atoms with van der Waals surface area (Å²) in [4.78, 5) is 27.6. The Kier molecular flexibility index (Phi) is 10.7. The second-order valence-corrected chi connectivity index (χ2v) is 9.42. The molecular weight excluding hydrogens is 467 g/mol. The van der Waals surface area contributed by atoms with E-state index in [2.05, 4.69) is 5.32 Å². The van der Waals surface area contributed by atoms with E-state index in [9.17, 15) is 9.59 Å². The van der Waals surface area contributed by atoms with Crippen LogP contribution in [0.5, 0.6) is 5.75 Å². The molecule has 0 radical (unpaired) electrons. The standard InChI is InChI=1S/C24H30Cl2N2O3S/c1-5-16(2)27-24(30)17(3)28(13-18-7-6-8-21(11-18)31-4)23(29)15-32-14-19-9-10-20(25)12-22(19)26/h6-12,16-17H,5,13-15H2,1-4H3,(H,27,30)/t16-,17+/m1/s1. The van der Waals surface area contributed by atoms with E-state index in [1.807, 2.05) is 44.2 Å². The molecule has 0 aliphatic rings. The molecule has 2 atom stereocenters. The molecule has 0 aliphatic carbocycles. The molecule has 5 nitrogen and oxygen atoms in total. The molecule has 0 unspecified atom stereocenters. The summed E-state index contributed by atoms with van der Waals surface area (Å²) in [5.74, 6) is 1.22. The maximum absolute atomic E-state index is 13.2. The quantitative estimate of drug-likeness (QED) is 0.441. The molecule has 0 saturated heterocycles. The topological polar surface area (TPSA) is 58.6 Å². The smallest absolute Gasteiger partial charge is 0.242 e. The van der Waals surface area contributed by atoms with Crippen molar-refractivity contribution >= 4 is 46.8 Å². The Morgan fingerprint density at radius 3 is 2.56 bits per heavy atom. The zero-order chi connectivity index (χ0) is 23.7. The number of carbonyl (C=O) groups is 2. The molecule has 8 heteroatoms. The molecular formula is C24H30Cl2N2O3S. The highest BCUT2D eigenvalue weighted by Crippen LogP contribution is 2.25. The van der Waals surface area contributed by atoms with Crippen molar-refractivity contribution < 1.29 is 14.3 Å². The molecule has 0 aromatic heterocycles. The Balaban J connectivity index is 2.12.